The molecule has 3 rings (SSSR count). The number of aliphatic imine (C=N–C) groups is 1. The van der Waals surface area contributed by atoms with E-state index >= 15 is 0 Å². The third-order valence-corrected chi connectivity index (χ3v) is 5.43. The SMILES string of the molecule is CCNC(=NCCCCN1C(=O)c2ccccc2C1=O)NC1CCN(C(N)=O)CC1. The number of primary amides is 1. The number of carbonyl (C=O) groups excluding carboxylic acids is 3. The van der Waals surface area contributed by atoms with Crippen molar-refractivity contribution in [1.82, 2.24) is 20.4 Å². The van der Waals surface area contributed by atoms with Crippen LogP contribution in [0.15, 0.2) is 29.3 Å². The van der Waals surface area contributed by atoms with Crippen LogP contribution in [0, 0.1) is 0 Å². The summed E-state index contributed by atoms with van der Waals surface area (Å²) in [5.74, 6) is 0.323. The summed E-state index contributed by atoms with van der Waals surface area (Å²) >= 11 is 0. The van der Waals surface area contributed by atoms with Gasteiger partial charge in [0, 0.05) is 38.8 Å². The number of amides is 4. The van der Waals surface area contributed by atoms with Gasteiger partial charge in [-0.2, -0.15) is 0 Å². The Morgan fingerprint density at radius 1 is 1.13 bits per heavy atom. The number of fused-ring (bicyclic) bond motifs is 1. The zero-order valence-electron chi connectivity index (χ0n) is 17.4. The predicted molar refractivity (Wildman–Crippen MR) is 114 cm³/mol. The number of likely N-dealkylation sites (tertiary alicyclic amines) is 1. The maximum Gasteiger partial charge on any atom is 0.314 e. The number of nitrogens with one attached hydrogen (secondary N) is 2. The molecule has 162 valence electrons. The maximum atomic E-state index is 12.4. The summed E-state index contributed by atoms with van der Waals surface area (Å²) in [5, 5.41) is 6.65. The van der Waals surface area contributed by atoms with Crippen LogP contribution in [0.4, 0.5) is 4.79 Å². The highest BCUT2D eigenvalue weighted by molar-refractivity contribution is 6.21. The topological polar surface area (TPSA) is 120 Å². The lowest BCUT2D eigenvalue weighted by atomic mass is 10.1. The number of urea groups is 1. The van der Waals surface area contributed by atoms with Crippen molar-refractivity contribution in [2.75, 3.05) is 32.7 Å². The minimum atomic E-state index is -0.368. The number of guanidine groups is 1. The molecule has 0 atom stereocenters. The molecule has 0 aliphatic carbocycles. The van der Waals surface area contributed by atoms with Gasteiger partial charge in [0.25, 0.3) is 11.8 Å². The zero-order chi connectivity index (χ0) is 21.5. The molecule has 0 spiro atoms. The van der Waals surface area contributed by atoms with Crippen molar-refractivity contribution in [3.8, 4) is 0 Å². The van der Waals surface area contributed by atoms with E-state index in [1.807, 2.05) is 6.92 Å². The van der Waals surface area contributed by atoms with Crippen molar-refractivity contribution in [2.24, 2.45) is 10.7 Å². The molecular formula is C21H30N6O3. The molecule has 4 N–H and O–H groups in total. The highest BCUT2D eigenvalue weighted by Crippen LogP contribution is 2.22. The Morgan fingerprint density at radius 2 is 1.77 bits per heavy atom. The molecule has 2 aliphatic rings. The number of benzene rings is 1. The van der Waals surface area contributed by atoms with Crippen molar-refractivity contribution in [3.63, 3.8) is 0 Å². The molecule has 0 aromatic heterocycles. The van der Waals surface area contributed by atoms with Gasteiger partial charge in [-0.3, -0.25) is 19.5 Å². The first-order valence-corrected chi connectivity index (χ1v) is 10.6. The lowest BCUT2D eigenvalue weighted by Gasteiger charge is -2.32. The molecule has 4 amide bonds. The molecule has 1 fully saturated rings. The van der Waals surface area contributed by atoms with Crippen molar-refractivity contribution < 1.29 is 14.4 Å². The average molecular weight is 415 g/mol. The van der Waals surface area contributed by atoms with Gasteiger partial charge in [0.05, 0.1) is 11.1 Å². The van der Waals surface area contributed by atoms with Gasteiger partial charge < -0.3 is 21.3 Å². The molecule has 30 heavy (non-hydrogen) atoms. The van der Waals surface area contributed by atoms with E-state index < -0.39 is 0 Å². The van der Waals surface area contributed by atoms with Crippen LogP contribution in [0.1, 0.15) is 53.3 Å². The number of hydrogen-bond donors (Lipinski definition) is 3. The Kier molecular flexibility index (Phi) is 7.26. The van der Waals surface area contributed by atoms with Crippen molar-refractivity contribution in [1.29, 1.82) is 0 Å². The fraction of sp³-hybridized carbons (Fsp3) is 0.524. The molecule has 2 heterocycles. The lowest BCUT2D eigenvalue weighted by molar-refractivity contribution is 0.0652. The summed E-state index contributed by atoms with van der Waals surface area (Å²) in [6, 6.07) is 6.82. The van der Waals surface area contributed by atoms with Crippen LogP contribution in [0.25, 0.3) is 0 Å². The highest BCUT2D eigenvalue weighted by Gasteiger charge is 2.34. The van der Waals surface area contributed by atoms with E-state index in [4.69, 9.17) is 5.73 Å². The van der Waals surface area contributed by atoms with Crippen LogP contribution in [0.5, 0.6) is 0 Å². The Morgan fingerprint density at radius 3 is 2.33 bits per heavy atom. The van der Waals surface area contributed by atoms with E-state index in [0.717, 1.165) is 31.8 Å². The first-order chi connectivity index (χ1) is 14.5. The van der Waals surface area contributed by atoms with Crippen LogP contribution < -0.4 is 16.4 Å². The molecule has 9 heteroatoms. The van der Waals surface area contributed by atoms with Gasteiger partial charge in [-0.1, -0.05) is 12.1 Å². The first-order valence-electron chi connectivity index (χ1n) is 10.6. The predicted octanol–water partition coefficient (Wildman–Crippen LogP) is 1.16. The lowest BCUT2D eigenvalue weighted by Crippen LogP contribution is -2.50. The number of piperidine rings is 1. The molecular weight excluding hydrogens is 384 g/mol. The van der Waals surface area contributed by atoms with Crippen LogP contribution in [-0.2, 0) is 0 Å². The van der Waals surface area contributed by atoms with E-state index in [0.29, 0.717) is 43.7 Å². The number of hydrogen-bond acceptors (Lipinski definition) is 4. The number of nitrogens with two attached hydrogens (primary N) is 1. The van der Waals surface area contributed by atoms with Crippen LogP contribution >= 0.6 is 0 Å². The fourth-order valence-electron chi connectivity index (χ4n) is 3.77. The summed E-state index contributed by atoms with van der Waals surface area (Å²) < 4.78 is 0. The van der Waals surface area contributed by atoms with Crippen LogP contribution in [0.2, 0.25) is 0 Å². The zero-order valence-corrected chi connectivity index (χ0v) is 17.4. The second-order valence-corrected chi connectivity index (χ2v) is 7.52. The quantitative estimate of drug-likeness (QED) is 0.268. The fourth-order valence-corrected chi connectivity index (χ4v) is 3.77. The number of unbranched alkanes of at least 4 members (excludes halogenated alkanes) is 1. The van der Waals surface area contributed by atoms with Gasteiger partial charge in [-0.25, -0.2) is 4.79 Å². The third-order valence-electron chi connectivity index (χ3n) is 5.43. The molecule has 0 saturated carbocycles. The van der Waals surface area contributed by atoms with Crippen molar-refractivity contribution >= 4 is 23.8 Å². The molecule has 1 aromatic rings. The summed E-state index contributed by atoms with van der Waals surface area (Å²) in [6.07, 6.45) is 3.12. The summed E-state index contributed by atoms with van der Waals surface area (Å²) in [5.41, 5.74) is 6.30. The number of imide groups is 1. The van der Waals surface area contributed by atoms with Crippen molar-refractivity contribution in [3.05, 3.63) is 35.4 Å². The normalized spacial score (nSPS) is 17.3. The van der Waals surface area contributed by atoms with Gasteiger partial charge in [0.15, 0.2) is 5.96 Å². The minimum Gasteiger partial charge on any atom is -0.357 e. The molecule has 0 bridgehead atoms. The summed E-state index contributed by atoms with van der Waals surface area (Å²) in [7, 11) is 0. The summed E-state index contributed by atoms with van der Waals surface area (Å²) in [4.78, 5) is 43.6. The van der Waals surface area contributed by atoms with Gasteiger partial charge in [-0.05, 0) is 44.7 Å². The smallest absolute Gasteiger partial charge is 0.314 e. The standard InChI is InChI=1S/C21H30N6O3/c1-2-23-21(25-15-9-13-26(14-10-15)20(22)30)24-11-5-6-12-27-18(28)16-7-3-4-8-17(16)19(27)29/h3-4,7-8,15H,2,5-6,9-14H2,1H3,(H2,22,30)(H2,23,24,25). The Labute approximate surface area is 176 Å². The molecule has 9 nitrogen and oxygen atoms in total. The first kappa shape index (κ1) is 21.6. The molecule has 1 saturated heterocycles. The summed E-state index contributed by atoms with van der Waals surface area (Å²) in [6.45, 7) is 5.05. The van der Waals surface area contributed by atoms with E-state index in [9.17, 15) is 14.4 Å². The van der Waals surface area contributed by atoms with E-state index in [1.165, 1.54) is 4.90 Å². The maximum absolute atomic E-state index is 12.4. The van der Waals surface area contributed by atoms with E-state index in [2.05, 4.69) is 15.6 Å². The van der Waals surface area contributed by atoms with E-state index in [-0.39, 0.29) is 23.9 Å². The molecule has 1 aromatic carbocycles. The second kappa shape index (κ2) is 10.1. The molecule has 0 unspecified atom stereocenters. The Balaban J connectivity index is 1.43. The molecule has 0 radical (unpaired) electrons. The van der Waals surface area contributed by atoms with Gasteiger partial charge in [0.1, 0.15) is 0 Å². The number of carbonyl (C=O) groups is 3. The van der Waals surface area contributed by atoms with Crippen LogP contribution in [-0.4, -0.2) is 72.4 Å². The Hall–Kier alpha value is -3.10. The average Bonchev–Trinajstić information content (AvgIpc) is 2.99. The number of rotatable bonds is 7. The monoisotopic (exact) mass is 414 g/mol. The van der Waals surface area contributed by atoms with Crippen molar-refractivity contribution in [2.45, 2.75) is 38.6 Å². The van der Waals surface area contributed by atoms with Gasteiger partial charge in [0.2, 0.25) is 0 Å². The molecule has 2 aliphatic heterocycles. The van der Waals surface area contributed by atoms with Gasteiger partial charge >= 0.3 is 6.03 Å². The Bertz CT molecular complexity index is 782. The highest BCUT2D eigenvalue weighted by atomic mass is 16.2. The number of nitrogens with zero attached hydrogens (tertiary/aromatic N) is 3. The van der Waals surface area contributed by atoms with Crippen LogP contribution in [0.3, 0.4) is 0 Å². The van der Waals surface area contributed by atoms with Gasteiger partial charge in [-0.15, -0.1) is 0 Å². The van der Waals surface area contributed by atoms with E-state index in [1.54, 1.807) is 29.2 Å². The largest absolute Gasteiger partial charge is 0.357 e. The third kappa shape index (κ3) is 5.08. The second-order valence-electron chi connectivity index (χ2n) is 7.52. The minimum absolute atomic E-state index is 0.212.